The van der Waals surface area contributed by atoms with Crippen LogP contribution in [0.5, 0.6) is 5.75 Å². The van der Waals surface area contributed by atoms with Crippen LogP contribution in [0.4, 0.5) is 0 Å². The summed E-state index contributed by atoms with van der Waals surface area (Å²) in [5.41, 5.74) is 2.41. The summed E-state index contributed by atoms with van der Waals surface area (Å²) in [6, 6.07) is 8.12. The smallest absolute Gasteiger partial charge is 0.169 e. The molecule has 1 atom stereocenters. The van der Waals surface area contributed by atoms with E-state index in [0.717, 1.165) is 30.1 Å². The number of ether oxygens (including phenoxy) is 1. The summed E-state index contributed by atoms with van der Waals surface area (Å²) in [5.74, 6) is 1.70. The molecule has 4 heteroatoms. The van der Waals surface area contributed by atoms with Crippen molar-refractivity contribution < 1.29 is 4.74 Å². The molecule has 0 saturated carbocycles. The van der Waals surface area contributed by atoms with Gasteiger partial charge in [0.05, 0.1) is 0 Å². The number of benzene rings is 1. The number of para-hydroxylation sites is 1. The molecule has 1 N–H and O–H groups in total. The van der Waals surface area contributed by atoms with E-state index in [4.69, 9.17) is 4.74 Å². The summed E-state index contributed by atoms with van der Waals surface area (Å²) in [6.07, 6.45) is 4.54. The Morgan fingerprint density at radius 2 is 1.90 bits per heavy atom. The zero-order valence-corrected chi connectivity index (χ0v) is 12.8. The third-order valence-electron chi connectivity index (χ3n) is 3.48. The summed E-state index contributed by atoms with van der Waals surface area (Å²) < 4.78 is 5.91. The van der Waals surface area contributed by atoms with Gasteiger partial charge in [-0.3, -0.25) is 0 Å². The van der Waals surface area contributed by atoms with Gasteiger partial charge in [0.15, 0.2) is 11.9 Å². The quantitative estimate of drug-likeness (QED) is 0.940. The molecule has 1 aromatic heterocycles. The maximum Gasteiger partial charge on any atom is 0.169 e. The molecule has 4 nitrogen and oxygen atoms in total. The van der Waals surface area contributed by atoms with Gasteiger partial charge in [-0.25, -0.2) is 9.97 Å². The van der Waals surface area contributed by atoms with Crippen LogP contribution in [0.15, 0.2) is 36.7 Å². The Morgan fingerprint density at radius 3 is 2.57 bits per heavy atom. The van der Waals surface area contributed by atoms with Gasteiger partial charge in [0, 0.05) is 36.5 Å². The van der Waals surface area contributed by atoms with Crippen LogP contribution in [-0.2, 0) is 13.0 Å². The highest BCUT2D eigenvalue weighted by Crippen LogP contribution is 2.34. The molecular formula is C17H21N3O. The van der Waals surface area contributed by atoms with Crippen molar-refractivity contribution in [1.29, 1.82) is 0 Å². The van der Waals surface area contributed by atoms with E-state index < -0.39 is 0 Å². The first-order valence-electron chi connectivity index (χ1n) is 7.32. The van der Waals surface area contributed by atoms with Crippen LogP contribution in [0.3, 0.4) is 0 Å². The second-order valence-electron chi connectivity index (χ2n) is 6.47. The van der Waals surface area contributed by atoms with E-state index in [-0.39, 0.29) is 11.6 Å². The Bertz CT molecular complexity index is 592. The Balaban J connectivity index is 1.66. The number of rotatable bonds is 3. The number of nitrogens with zero attached hydrogens (tertiary/aromatic N) is 2. The van der Waals surface area contributed by atoms with Crippen molar-refractivity contribution in [3.05, 3.63) is 53.6 Å². The maximum atomic E-state index is 5.91. The highest BCUT2D eigenvalue weighted by Gasteiger charge is 2.25. The van der Waals surface area contributed by atoms with Crippen LogP contribution in [0, 0.1) is 0 Å². The number of fused-ring (bicyclic) bond motifs is 1. The van der Waals surface area contributed by atoms with Gasteiger partial charge in [-0.2, -0.15) is 0 Å². The fourth-order valence-electron chi connectivity index (χ4n) is 2.32. The van der Waals surface area contributed by atoms with Crippen molar-refractivity contribution in [3.63, 3.8) is 0 Å². The molecule has 1 unspecified atom stereocenters. The molecule has 2 heterocycles. The average molecular weight is 283 g/mol. The van der Waals surface area contributed by atoms with Crippen molar-refractivity contribution in [2.75, 3.05) is 0 Å². The highest BCUT2D eigenvalue weighted by atomic mass is 16.5. The second kappa shape index (κ2) is 5.45. The third-order valence-corrected chi connectivity index (χ3v) is 3.48. The predicted octanol–water partition coefficient (Wildman–Crippen LogP) is 3.04. The van der Waals surface area contributed by atoms with Crippen molar-refractivity contribution in [2.24, 2.45) is 0 Å². The van der Waals surface area contributed by atoms with Gasteiger partial charge in [0.25, 0.3) is 0 Å². The molecule has 0 bridgehead atoms. The normalized spacial score (nSPS) is 17.4. The number of aromatic nitrogens is 2. The molecular weight excluding hydrogens is 262 g/mol. The van der Waals surface area contributed by atoms with Crippen LogP contribution < -0.4 is 10.1 Å². The summed E-state index contributed by atoms with van der Waals surface area (Å²) in [4.78, 5) is 8.94. The zero-order valence-electron chi connectivity index (χ0n) is 12.8. The van der Waals surface area contributed by atoms with Gasteiger partial charge in [-0.15, -0.1) is 0 Å². The molecule has 0 fully saturated rings. The fraction of sp³-hybridized carbons (Fsp3) is 0.412. The largest absolute Gasteiger partial charge is 0.482 e. The highest BCUT2D eigenvalue weighted by molar-refractivity contribution is 5.38. The lowest BCUT2D eigenvalue weighted by molar-refractivity contribution is 0.227. The maximum absolute atomic E-state index is 5.91. The third kappa shape index (κ3) is 3.39. The topological polar surface area (TPSA) is 47.0 Å². The Kier molecular flexibility index (Phi) is 3.64. The van der Waals surface area contributed by atoms with Gasteiger partial charge < -0.3 is 10.1 Å². The van der Waals surface area contributed by atoms with Gasteiger partial charge in [-0.1, -0.05) is 18.2 Å². The minimum atomic E-state index is -0.0629. The molecule has 21 heavy (non-hydrogen) atoms. The fourth-order valence-corrected chi connectivity index (χ4v) is 2.32. The van der Waals surface area contributed by atoms with E-state index in [9.17, 15) is 0 Å². The number of nitrogens with one attached hydrogen (secondary N) is 1. The van der Waals surface area contributed by atoms with Crippen molar-refractivity contribution in [2.45, 2.75) is 45.4 Å². The standard InChI is InChI=1S/C17H21N3O/c1-17(2,3)20-11-12-9-18-16(19-10-12)15-8-13-6-4-5-7-14(13)21-15/h4-7,9-10,15,20H,8,11H2,1-3H3. The molecule has 0 radical (unpaired) electrons. The van der Waals surface area contributed by atoms with Crippen LogP contribution in [0.2, 0.25) is 0 Å². The van der Waals surface area contributed by atoms with E-state index in [1.54, 1.807) is 0 Å². The monoisotopic (exact) mass is 283 g/mol. The summed E-state index contributed by atoms with van der Waals surface area (Å²) in [5, 5.41) is 3.43. The lowest BCUT2D eigenvalue weighted by Gasteiger charge is -2.20. The minimum absolute atomic E-state index is 0.0629. The Labute approximate surface area is 125 Å². The first kappa shape index (κ1) is 14.0. The first-order valence-corrected chi connectivity index (χ1v) is 7.32. The van der Waals surface area contributed by atoms with Crippen molar-refractivity contribution in [3.8, 4) is 5.75 Å². The zero-order chi connectivity index (χ0) is 14.9. The Hall–Kier alpha value is -1.94. The molecule has 1 aliphatic heterocycles. The predicted molar refractivity (Wildman–Crippen MR) is 82.1 cm³/mol. The van der Waals surface area contributed by atoms with Gasteiger partial charge >= 0.3 is 0 Å². The van der Waals surface area contributed by atoms with Crippen molar-refractivity contribution in [1.82, 2.24) is 15.3 Å². The molecule has 0 spiro atoms. The summed E-state index contributed by atoms with van der Waals surface area (Å²) in [6.45, 7) is 7.21. The average Bonchev–Trinajstić information content (AvgIpc) is 2.89. The van der Waals surface area contributed by atoms with E-state index in [0.29, 0.717) is 0 Å². The Morgan fingerprint density at radius 1 is 1.19 bits per heavy atom. The lowest BCUT2D eigenvalue weighted by Crippen LogP contribution is -2.35. The van der Waals surface area contributed by atoms with Crippen LogP contribution in [0.1, 0.15) is 43.8 Å². The number of hydrogen-bond donors (Lipinski definition) is 1. The molecule has 1 aliphatic rings. The second-order valence-corrected chi connectivity index (χ2v) is 6.47. The van der Waals surface area contributed by atoms with Gasteiger partial charge in [-0.05, 0) is 32.4 Å². The molecule has 0 aliphatic carbocycles. The van der Waals surface area contributed by atoms with Crippen LogP contribution in [-0.4, -0.2) is 15.5 Å². The van der Waals surface area contributed by atoms with Gasteiger partial charge in [0.1, 0.15) is 5.75 Å². The molecule has 0 amide bonds. The van der Waals surface area contributed by atoms with Crippen LogP contribution >= 0.6 is 0 Å². The number of hydrogen-bond acceptors (Lipinski definition) is 4. The lowest BCUT2D eigenvalue weighted by atomic mass is 10.1. The van der Waals surface area contributed by atoms with Crippen LogP contribution in [0.25, 0.3) is 0 Å². The van der Waals surface area contributed by atoms with E-state index >= 15 is 0 Å². The molecule has 0 saturated heterocycles. The molecule has 2 aromatic rings. The minimum Gasteiger partial charge on any atom is -0.482 e. The molecule has 110 valence electrons. The van der Waals surface area contributed by atoms with Crippen molar-refractivity contribution >= 4 is 0 Å². The first-order chi connectivity index (χ1) is 10.0. The van der Waals surface area contributed by atoms with E-state index in [2.05, 4.69) is 42.1 Å². The molecule has 3 rings (SSSR count). The van der Waals surface area contributed by atoms with E-state index in [1.807, 2.05) is 30.6 Å². The molecule has 1 aromatic carbocycles. The summed E-state index contributed by atoms with van der Waals surface area (Å²) in [7, 11) is 0. The summed E-state index contributed by atoms with van der Waals surface area (Å²) >= 11 is 0. The van der Waals surface area contributed by atoms with E-state index in [1.165, 1.54) is 5.56 Å². The SMILES string of the molecule is CC(C)(C)NCc1cnc(C2Cc3ccccc3O2)nc1. The van der Waals surface area contributed by atoms with Gasteiger partial charge in [0.2, 0.25) is 0 Å².